The van der Waals surface area contributed by atoms with Gasteiger partial charge in [0.05, 0.1) is 12.5 Å². The van der Waals surface area contributed by atoms with Gasteiger partial charge in [-0.2, -0.15) is 0 Å². The molecule has 0 radical (unpaired) electrons. The lowest BCUT2D eigenvalue weighted by atomic mass is 10.2. The lowest BCUT2D eigenvalue weighted by Crippen LogP contribution is -2.37. The zero-order valence-electron chi connectivity index (χ0n) is 8.67. The minimum atomic E-state index is -0.392. The molecule has 82 valence electrons. The highest BCUT2D eigenvalue weighted by molar-refractivity contribution is 5.78. The first-order chi connectivity index (χ1) is 6.61. The maximum absolute atomic E-state index is 11.1. The van der Waals surface area contributed by atoms with E-state index in [9.17, 15) is 9.59 Å². The molecule has 0 saturated carbocycles. The van der Waals surface area contributed by atoms with Crippen LogP contribution in [0.25, 0.3) is 0 Å². The van der Waals surface area contributed by atoms with Crippen LogP contribution in [0.2, 0.25) is 0 Å². The SMILES string of the molecule is CCC(=O)NCCNC(=O)C(C)CO. The van der Waals surface area contributed by atoms with Crippen molar-refractivity contribution >= 4 is 11.8 Å². The van der Waals surface area contributed by atoms with Crippen molar-refractivity contribution in [1.82, 2.24) is 10.6 Å². The van der Waals surface area contributed by atoms with Crippen molar-refractivity contribution in [1.29, 1.82) is 0 Å². The minimum absolute atomic E-state index is 0.0329. The Balaban J connectivity index is 3.45. The smallest absolute Gasteiger partial charge is 0.225 e. The molecule has 0 aromatic rings. The predicted molar refractivity (Wildman–Crippen MR) is 52.6 cm³/mol. The van der Waals surface area contributed by atoms with Crippen LogP contribution in [0, 0.1) is 5.92 Å². The van der Waals surface area contributed by atoms with E-state index in [1.807, 2.05) is 0 Å². The third-order valence-corrected chi connectivity index (χ3v) is 1.79. The second kappa shape index (κ2) is 7.32. The fraction of sp³-hybridized carbons (Fsp3) is 0.778. The van der Waals surface area contributed by atoms with E-state index in [-0.39, 0.29) is 18.4 Å². The van der Waals surface area contributed by atoms with Gasteiger partial charge >= 0.3 is 0 Å². The standard InChI is InChI=1S/C9H18N2O3/c1-3-8(13)10-4-5-11-9(14)7(2)6-12/h7,12H,3-6H2,1-2H3,(H,10,13)(H,11,14). The molecule has 0 aliphatic heterocycles. The Morgan fingerprint density at radius 3 is 2.36 bits per heavy atom. The second-order valence-corrected chi connectivity index (χ2v) is 3.08. The molecule has 0 aliphatic carbocycles. The summed E-state index contributed by atoms with van der Waals surface area (Å²) in [6.45, 7) is 4.07. The van der Waals surface area contributed by atoms with E-state index in [0.29, 0.717) is 19.5 Å². The highest BCUT2D eigenvalue weighted by Gasteiger charge is 2.09. The van der Waals surface area contributed by atoms with Gasteiger partial charge in [0.2, 0.25) is 11.8 Å². The monoisotopic (exact) mass is 202 g/mol. The molecule has 0 bridgehead atoms. The summed E-state index contributed by atoms with van der Waals surface area (Å²) in [7, 11) is 0. The maximum Gasteiger partial charge on any atom is 0.225 e. The van der Waals surface area contributed by atoms with Crippen molar-refractivity contribution in [2.45, 2.75) is 20.3 Å². The highest BCUT2D eigenvalue weighted by atomic mass is 16.3. The molecule has 2 amide bonds. The first-order valence-corrected chi connectivity index (χ1v) is 4.77. The number of amides is 2. The van der Waals surface area contributed by atoms with Crippen LogP contribution in [0.5, 0.6) is 0 Å². The average molecular weight is 202 g/mol. The molecule has 0 rings (SSSR count). The van der Waals surface area contributed by atoms with Crippen molar-refractivity contribution in [3.8, 4) is 0 Å². The molecule has 0 saturated heterocycles. The van der Waals surface area contributed by atoms with E-state index in [4.69, 9.17) is 5.11 Å². The largest absolute Gasteiger partial charge is 0.396 e. The van der Waals surface area contributed by atoms with Gasteiger partial charge in [0, 0.05) is 19.5 Å². The number of hydrogen-bond donors (Lipinski definition) is 3. The van der Waals surface area contributed by atoms with E-state index in [2.05, 4.69) is 10.6 Å². The molecule has 3 N–H and O–H groups in total. The zero-order chi connectivity index (χ0) is 11.0. The lowest BCUT2D eigenvalue weighted by molar-refractivity contribution is -0.126. The first kappa shape index (κ1) is 12.9. The molecule has 0 heterocycles. The van der Waals surface area contributed by atoms with Crippen molar-refractivity contribution < 1.29 is 14.7 Å². The van der Waals surface area contributed by atoms with Gasteiger partial charge in [0.15, 0.2) is 0 Å². The van der Waals surface area contributed by atoms with Gasteiger partial charge in [-0.25, -0.2) is 0 Å². The molecular formula is C9H18N2O3. The van der Waals surface area contributed by atoms with E-state index in [1.54, 1.807) is 13.8 Å². The Morgan fingerprint density at radius 2 is 1.86 bits per heavy atom. The van der Waals surface area contributed by atoms with Gasteiger partial charge in [0.25, 0.3) is 0 Å². The fourth-order valence-electron chi connectivity index (χ4n) is 0.770. The molecular weight excluding hydrogens is 184 g/mol. The van der Waals surface area contributed by atoms with Gasteiger partial charge in [-0.15, -0.1) is 0 Å². The van der Waals surface area contributed by atoms with Crippen molar-refractivity contribution in [3.05, 3.63) is 0 Å². The Labute approximate surface area is 83.9 Å². The molecule has 0 aliphatic rings. The van der Waals surface area contributed by atoms with Crippen LogP contribution in [-0.4, -0.2) is 36.6 Å². The summed E-state index contributed by atoms with van der Waals surface area (Å²) in [4.78, 5) is 21.9. The van der Waals surface area contributed by atoms with E-state index in [1.165, 1.54) is 0 Å². The number of nitrogens with one attached hydrogen (secondary N) is 2. The van der Waals surface area contributed by atoms with Crippen molar-refractivity contribution in [2.75, 3.05) is 19.7 Å². The van der Waals surface area contributed by atoms with Gasteiger partial charge in [-0.3, -0.25) is 9.59 Å². The molecule has 14 heavy (non-hydrogen) atoms. The van der Waals surface area contributed by atoms with Crippen LogP contribution in [0.4, 0.5) is 0 Å². The Morgan fingerprint density at radius 1 is 1.29 bits per heavy atom. The van der Waals surface area contributed by atoms with Crippen molar-refractivity contribution in [2.24, 2.45) is 5.92 Å². The Hall–Kier alpha value is -1.10. The summed E-state index contributed by atoms with van der Waals surface area (Å²) in [5.74, 6) is -0.621. The molecule has 0 fully saturated rings. The average Bonchev–Trinajstić information content (AvgIpc) is 2.22. The van der Waals surface area contributed by atoms with Crippen LogP contribution >= 0.6 is 0 Å². The quantitative estimate of drug-likeness (QED) is 0.496. The molecule has 1 unspecified atom stereocenters. The van der Waals surface area contributed by atoms with Gasteiger partial charge in [-0.05, 0) is 0 Å². The maximum atomic E-state index is 11.1. The zero-order valence-corrected chi connectivity index (χ0v) is 8.67. The Bertz CT molecular complexity index is 194. The van der Waals surface area contributed by atoms with Gasteiger partial charge in [-0.1, -0.05) is 13.8 Å². The second-order valence-electron chi connectivity index (χ2n) is 3.08. The van der Waals surface area contributed by atoms with E-state index >= 15 is 0 Å². The number of carbonyl (C=O) groups excluding carboxylic acids is 2. The van der Waals surface area contributed by atoms with Crippen molar-refractivity contribution in [3.63, 3.8) is 0 Å². The molecule has 1 atom stereocenters. The summed E-state index contributed by atoms with van der Waals surface area (Å²) in [5.41, 5.74) is 0. The van der Waals surface area contributed by atoms with Crippen LogP contribution in [0.15, 0.2) is 0 Å². The topological polar surface area (TPSA) is 78.4 Å². The molecule has 0 aromatic heterocycles. The summed E-state index contributed by atoms with van der Waals surface area (Å²) in [6.07, 6.45) is 0.445. The van der Waals surface area contributed by atoms with Gasteiger partial charge in [0.1, 0.15) is 0 Å². The number of rotatable bonds is 6. The molecule has 0 spiro atoms. The normalized spacial score (nSPS) is 11.9. The van der Waals surface area contributed by atoms with Crippen LogP contribution in [-0.2, 0) is 9.59 Å². The summed E-state index contributed by atoms with van der Waals surface area (Å²) in [6, 6.07) is 0. The summed E-state index contributed by atoms with van der Waals surface area (Å²) >= 11 is 0. The minimum Gasteiger partial charge on any atom is -0.396 e. The molecule has 0 aromatic carbocycles. The first-order valence-electron chi connectivity index (χ1n) is 4.77. The Kier molecular flexibility index (Phi) is 6.74. The predicted octanol–water partition coefficient (Wildman–Crippen LogP) is -0.743. The van der Waals surface area contributed by atoms with Crippen LogP contribution in [0.1, 0.15) is 20.3 Å². The van der Waals surface area contributed by atoms with Gasteiger partial charge < -0.3 is 15.7 Å². The van der Waals surface area contributed by atoms with E-state index in [0.717, 1.165) is 0 Å². The third-order valence-electron chi connectivity index (χ3n) is 1.79. The molecule has 5 nitrogen and oxygen atoms in total. The number of hydrogen-bond acceptors (Lipinski definition) is 3. The van der Waals surface area contributed by atoms with Crippen LogP contribution in [0.3, 0.4) is 0 Å². The third kappa shape index (κ3) is 5.53. The van der Waals surface area contributed by atoms with Crippen LogP contribution < -0.4 is 10.6 Å². The fourth-order valence-corrected chi connectivity index (χ4v) is 0.770. The number of carbonyl (C=O) groups is 2. The lowest BCUT2D eigenvalue weighted by Gasteiger charge is -2.09. The number of aliphatic hydroxyl groups excluding tert-OH is 1. The summed E-state index contributed by atoms with van der Waals surface area (Å²) in [5, 5.41) is 13.9. The highest BCUT2D eigenvalue weighted by Crippen LogP contribution is 1.90. The molecule has 5 heteroatoms. The van der Waals surface area contributed by atoms with E-state index < -0.39 is 5.92 Å². The summed E-state index contributed by atoms with van der Waals surface area (Å²) < 4.78 is 0. The number of aliphatic hydroxyl groups is 1.